The van der Waals surface area contributed by atoms with Crippen molar-refractivity contribution in [3.05, 3.63) is 81.0 Å². The Balaban J connectivity index is 1.63. The molecule has 6 heteroatoms. The number of rotatable bonds is 5. The number of fused-ring (bicyclic) bond motifs is 1. The first-order valence-corrected chi connectivity index (χ1v) is 10.7. The summed E-state index contributed by atoms with van der Waals surface area (Å²) in [6, 6.07) is 12.3. The number of aromatic nitrogens is 2. The molecule has 0 bridgehead atoms. The number of anilines is 1. The van der Waals surface area contributed by atoms with Crippen LogP contribution < -0.4 is 10.9 Å². The number of carbonyl (C=O) groups is 1. The molecule has 1 amide bonds. The van der Waals surface area contributed by atoms with E-state index in [1.807, 2.05) is 12.1 Å². The minimum atomic E-state index is -0.310. The van der Waals surface area contributed by atoms with Crippen molar-refractivity contribution in [2.45, 2.75) is 51.9 Å². The predicted molar refractivity (Wildman–Crippen MR) is 120 cm³/mol. The zero-order valence-corrected chi connectivity index (χ0v) is 17.8. The summed E-state index contributed by atoms with van der Waals surface area (Å²) in [5.74, 6) is -0.380. The van der Waals surface area contributed by atoms with Crippen LogP contribution >= 0.6 is 0 Å². The summed E-state index contributed by atoms with van der Waals surface area (Å²) in [5.41, 5.74) is 5.65. The molecule has 1 heterocycles. The minimum absolute atomic E-state index is 0.0748. The van der Waals surface area contributed by atoms with Crippen LogP contribution in [0.15, 0.2) is 47.3 Å². The SMILES string of the molecule is CC(=O)Nc1cccc(-c2cc(C(C)Cc3n[nH]c(=O)c4c3CCCC4)ccc2F)c1. The average molecular weight is 420 g/mol. The summed E-state index contributed by atoms with van der Waals surface area (Å²) >= 11 is 0. The topological polar surface area (TPSA) is 74.8 Å². The van der Waals surface area contributed by atoms with Crippen LogP contribution in [0.3, 0.4) is 0 Å². The van der Waals surface area contributed by atoms with Crippen molar-refractivity contribution in [2.75, 3.05) is 5.32 Å². The molecule has 31 heavy (non-hydrogen) atoms. The summed E-state index contributed by atoms with van der Waals surface area (Å²) in [7, 11) is 0. The minimum Gasteiger partial charge on any atom is -0.326 e. The molecule has 2 N–H and O–H groups in total. The van der Waals surface area contributed by atoms with Gasteiger partial charge in [0.1, 0.15) is 5.82 Å². The van der Waals surface area contributed by atoms with Crippen LogP contribution in [0, 0.1) is 5.82 Å². The fraction of sp³-hybridized carbons (Fsp3) is 0.320. The molecule has 0 radical (unpaired) electrons. The van der Waals surface area contributed by atoms with Crippen LogP contribution in [0.4, 0.5) is 10.1 Å². The third kappa shape index (κ3) is 4.58. The second-order valence-electron chi connectivity index (χ2n) is 8.27. The Morgan fingerprint density at radius 2 is 1.94 bits per heavy atom. The number of amides is 1. The van der Waals surface area contributed by atoms with E-state index in [4.69, 9.17) is 0 Å². The summed E-state index contributed by atoms with van der Waals surface area (Å²) in [6.07, 6.45) is 4.48. The van der Waals surface area contributed by atoms with Gasteiger partial charge in [-0.2, -0.15) is 5.10 Å². The number of benzene rings is 2. The van der Waals surface area contributed by atoms with Crippen LogP contribution in [-0.2, 0) is 24.1 Å². The molecule has 1 aliphatic rings. The maximum absolute atomic E-state index is 14.7. The Morgan fingerprint density at radius 3 is 2.71 bits per heavy atom. The Kier molecular flexibility index (Phi) is 5.98. The molecular formula is C25H26FN3O2. The molecule has 1 unspecified atom stereocenters. The monoisotopic (exact) mass is 419 g/mol. The summed E-state index contributed by atoms with van der Waals surface area (Å²) in [6.45, 7) is 3.53. The van der Waals surface area contributed by atoms with Crippen molar-refractivity contribution in [1.29, 1.82) is 0 Å². The maximum Gasteiger partial charge on any atom is 0.267 e. The zero-order valence-electron chi connectivity index (χ0n) is 17.8. The fourth-order valence-corrected chi connectivity index (χ4v) is 4.34. The molecule has 0 fully saturated rings. The number of nitrogens with one attached hydrogen (secondary N) is 2. The molecule has 1 aliphatic carbocycles. The Bertz CT molecular complexity index is 1190. The molecular weight excluding hydrogens is 393 g/mol. The number of aromatic amines is 1. The van der Waals surface area contributed by atoms with Gasteiger partial charge in [-0.05, 0) is 79.0 Å². The van der Waals surface area contributed by atoms with Gasteiger partial charge >= 0.3 is 0 Å². The van der Waals surface area contributed by atoms with Crippen LogP contribution in [0.5, 0.6) is 0 Å². The van der Waals surface area contributed by atoms with E-state index in [-0.39, 0.29) is 23.2 Å². The average Bonchev–Trinajstić information content (AvgIpc) is 2.76. The predicted octanol–water partition coefficient (Wildman–Crippen LogP) is 4.76. The molecule has 5 nitrogen and oxygen atoms in total. The Hall–Kier alpha value is -3.28. The van der Waals surface area contributed by atoms with Crippen LogP contribution in [-0.4, -0.2) is 16.1 Å². The number of hydrogen-bond donors (Lipinski definition) is 2. The van der Waals surface area contributed by atoms with Crippen LogP contribution in [0.25, 0.3) is 11.1 Å². The highest BCUT2D eigenvalue weighted by molar-refractivity contribution is 5.89. The van der Waals surface area contributed by atoms with E-state index in [1.54, 1.807) is 24.3 Å². The highest BCUT2D eigenvalue weighted by atomic mass is 19.1. The quantitative estimate of drug-likeness (QED) is 0.626. The second kappa shape index (κ2) is 8.84. The van der Waals surface area contributed by atoms with Gasteiger partial charge in [-0.15, -0.1) is 0 Å². The van der Waals surface area contributed by atoms with Gasteiger partial charge in [0.25, 0.3) is 5.56 Å². The van der Waals surface area contributed by atoms with E-state index in [0.717, 1.165) is 48.1 Å². The fourth-order valence-electron chi connectivity index (χ4n) is 4.34. The van der Waals surface area contributed by atoms with Crippen molar-refractivity contribution in [3.8, 4) is 11.1 Å². The van der Waals surface area contributed by atoms with Crippen molar-refractivity contribution in [3.63, 3.8) is 0 Å². The van der Waals surface area contributed by atoms with E-state index in [1.165, 1.54) is 13.0 Å². The molecule has 3 aromatic rings. The van der Waals surface area contributed by atoms with Gasteiger partial charge in [0.05, 0.1) is 5.69 Å². The highest BCUT2D eigenvalue weighted by Gasteiger charge is 2.20. The van der Waals surface area contributed by atoms with Gasteiger partial charge in [-0.25, -0.2) is 9.49 Å². The molecule has 0 saturated carbocycles. The number of H-pyrrole nitrogens is 1. The molecule has 160 valence electrons. The van der Waals surface area contributed by atoms with E-state index in [9.17, 15) is 14.0 Å². The first-order chi connectivity index (χ1) is 14.9. The lowest BCUT2D eigenvalue weighted by Crippen LogP contribution is -2.23. The zero-order chi connectivity index (χ0) is 22.0. The normalized spacial score (nSPS) is 14.0. The summed E-state index contributed by atoms with van der Waals surface area (Å²) in [5, 5.41) is 9.73. The number of hydrogen-bond acceptors (Lipinski definition) is 3. The Morgan fingerprint density at radius 1 is 1.16 bits per heavy atom. The van der Waals surface area contributed by atoms with Gasteiger partial charge in [-0.3, -0.25) is 9.59 Å². The van der Waals surface area contributed by atoms with Gasteiger partial charge in [0.2, 0.25) is 5.91 Å². The molecule has 2 aromatic carbocycles. The molecule has 1 atom stereocenters. The second-order valence-corrected chi connectivity index (χ2v) is 8.27. The van der Waals surface area contributed by atoms with Crippen molar-refractivity contribution < 1.29 is 9.18 Å². The summed E-state index contributed by atoms with van der Waals surface area (Å²) < 4.78 is 14.7. The summed E-state index contributed by atoms with van der Waals surface area (Å²) in [4.78, 5) is 23.5. The van der Waals surface area contributed by atoms with E-state index < -0.39 is 0 Å². The number of carbonyl (C=O) groups excluding carboxylic acids is 1. The lowest BCUT2D eigenvalue weighted by molar-refractivity contribution is -0.114. The molecule has 0 spiro atoms. The number of nitrogens with zero attached hydrogens (tertiary/aromatic N) is 1. The first kappa shape index (κ1) is 21.0. The highest BCUT2D eigenvalue weighted by Crippen LogP contribution is 2.31. The maximum atomic E-state index is 14.7. The standard InChI is InChI=1S/C25H26FN3O2/c1-15(12-24-20-8-3-4-9-21(20)25(31)29-28-24)17-10-11-23(26)22(14-17)18-6-5-7-19(13-18)27-16(2)30/h5-7,10-11,13-15H,3-4,8-9,12H2,1-2H3,(H,27,30)(H,29,31). The van der Waals surface area contributed by atoms with Gasteiger partial charge in [0.15, 0.2) is 0 Å². The van der Waals surface area contributed by atoms with E-state index in [2.05, 4.69) is 22.4 Å². The van der Waals surface area contributed by atoms with Crippen molar-refractivity contribution in [2.24, 2.45) is 0 Å². The van der Waals surface area contributed by atoms with Crippen LogP contribution in [0.1, 0.15) is 55.0 Å². The van der Waals surface area contributed by atoms with Crippen LogP contribution in [0.2, 0.25) is 0 Å². The first-order valence-electron chi connectivity index (χ1n) is 10.7. The molecule has 0 saturated heterocycles. The van der Waals surface area contributed by atoms with Gasteiger partial charge in [0, 0.05) is 23.7 Å². The molecule has 0 aliphatic heterocycles. The third-order valence-corrected chi connectivity index (χ3v) is 5.94. The smallest absolute Gasteiger partial charge is 0.267 e. The third-order valence-electron chi connectivity index (χ3n) is 5.94. The van der Waals surface area contributed by atoms with E-state index in [0.29, 0.717) is 23.2 Å². The van der Waals surface area contributed by atoms with Gasteiger partial charge in [-0.1, -0.05) is 25.1 Å². The van der Waals surface area contributed by atoms with Crippen molar-refractivity contribution >= 4 is 11.6 Å². The largest absolute Gasteiger partial charge is 0.326 e. The van der Waals surface area contributed by atoms with Gasteiger partial charge < -0.3 is 5.32 Å². The number of halogens is 1. The lowest BCUT2D eigenvalue weighted by Gasteiger charge is -2.20. The van der Waals surface area contributed by atoms with E-state index >= 15 is 0 Å². The molecule has 4 rings (SSSR count). The Labute approximate surface area is 180 Å². The van der Waals surface area contributed by atoms with Crippen molar-refractivity contribution in [1.82, 2.24) is 10.2 Å². The molecule has 1 aromatic heterocycles. The lowest BCUT2D eigenvalue weighted by atomic mass is 9.87.